The SMILES string of the molecule is C=C(Cl)Cn1c(=S)[nH]c2ccc(Cl)cc21. The Kier molecular flexibility index (Phi) is 2.87. The van der Waals surface area contributed by atoms with Crippen molar-refractivity contribution in [3.8, 4) is 0 Å². The summed E-state index contributed by atoms with van der Waals surface area (Å²) in [4.78, 5) is 3.08. The molecule has 2 aromatic rings. The third-order valence-corrected chi connectivity index (χ3v) is 2.74. The first kappa shape index (κ1) is 10.7. The predicted octanol–water partition coefficient (Wildman–Crippen LogP) is 4.10. The lowest BCUT2D eigenvalue weighted by atomic mass is 10.3. The molecule has 1 aromatic heterocycles. The Balaban J connectivity index is 2.70. The normalized spacial score (nSPS) is 10.8. The Morgan fingerprint density at radius 1 is 1.53 bits per heavy atom. The van der Waals surface area contributed by atoms with Gasteiger partial charge in [0.25, 0.3) is 0 Å². The standard InChI is InChI=1S/C10H8Cl2N2S/c1-6(11)5-14-9-4-7(12)2-3-8(9)13-10(14)15/h2-4H,1,5H2,(H,13,15). The monoisotopic (exact) mass is 258 g/mol. The second kappa shape index (κ2) is 4.00. The van der Waals surface area contributed by atoms with E-state index in [0.29, 0.717) is 21.4 Å². The molecule has 15 heavy (non-hydrogen) atoms. The molecule has 1 aromatic carbocycles. The molecule has 0 radical (unpaired) electrons. The number of fused-ring (bicyclic) bond motifs is 1. The number of rotatable bonds is 2. The van der Waals surface area contributed by atoms with Gasteiger partial charge in [-0.25, -0.2) is 0 Å². The van der Waals surface area contributed by atoms with Gasteiger partial charge in [-0.1, -0.05) is 29.8 Å². The van der Waals surface area contributed by atoms with Crippen molar-refractivity contribution in [2.24, 2.45) is 0 Å². The van der Waals surface area contributed by atoms with Gasteiger partial charge in [0.2, 0.25) is 0 Å². The van der Waals surface area contributed by atoms with Crippen LogP contribution in [0.3, 0.4) is 0 Å². The number of imidazole rings is 1. The van der Waals surface area contributed by atoms with Crippen LogP contribution < -0.4 is 0 Å². The number of allylic oxidation sites excluding steroid dienone is 1. The number of hydrogen-bond acceptors (Lipinski definition) is 1. The Labute approximate surface area is 102 Å². The fraction of sp³-hybridized carbons (Fsp3) is 0.100. The fourth-order valence-electron chi connectivity index (χ4n) is 1.45. The predicted molar refractivity (Wildman–Crippen MR) is 67.1 cm³/mol. The minimum absolute atomic E-state index is 0.487. The fourth-order valence-corrected chi connectivity index (χ4v) is 2.01. The number of hydrogen-bond donors (Lipinski definition) is 1. The zero-order chi connectivity index (χ0) is 11.0. The average Bonchev–Trinajstić information content (AvgIpc) is 2.43. The minimum atomic E-state index is 0.487. The first-order valence-electron chi connectivity index (χ1n) is 4.29. The maximum atomic E-state index is 5.92. The first-order valence-corrected chi connectivity index (χ1v) is 5.45. The van der Waals surface area contributed by atoms with Gasteiger partial charge < -0.3 is 9.55 Å². The molecule has 5 heteroatoms. The highest BCUT2D eigenvalue weighted by molar-refractivity contribution is 7.71. The molecular formula is C10H8Cl2N2S. The van der Waals surface area contributed by atoms with Crippen molar-refractivity contribution >= 4 is 46.5 Å². The Bertz CT molecular complexity index is 583. The zero-order valence-electron chi connectivity index (χ0n) is 7.76. The van der Waals surface area contributed by atoms with Crippen LogP contribution in [0.25, 0.3) is 11.0 Å². The number of benzene rings is 1. The van der Waals surface area contributed by atoms with Crippen LogP contribution in [0.2, 0.25) is 5.02 Å². The summed E-state index contributed by atoms with van der Waals surface area (Å²) < 4.78 is 2.49. The van der Waals surface area contributed by atoms with E-state index in [4.69, 9.17) is 35.4 Å². The molecule has 1 N–H and O–H groups in total. The molecular weight excluding hydrogens is 251 g/mol. The lowest BCUT2D eigenvalue weighted by Crippen LogP contribution is -1.96. The highest BCUT2D eigenvalue weighted by Crippen LogP contribution is 2.20. The van der Waals surface area contributed by atoms with Crippen LogP contribution in [0.1, 0.15) is 0 Å². The Hall–Kier alpha value is -0.770. The quantitative estimate of drug-likeness (QED) is 0.805. The van der Waals surface area contributed by atoms with E-state index in [1.807, 2.05) is 22.8 Å². The van der Waals surface area contributed by atoms with Crippen LogP contribution >= 0.6 is 35.4 Å². The number of halogens is 2. The third-order valence-electron chi connectivity index (χ3n) is 2.07. The molecule has 2 rings (SSSR count). The van der Waals surface area contributed by atoms with Crippen LogP contribution in [-0.2, 0) is 6.54 Å². The van der Waals surface area contributed by atoms with Crippen LogP contribution in [0, 0.1) is 4.77 Å². The van der Waals surface area contributed by atoms with E-state index in [-0.39, 0.29) is 0 Å². The molecule has 1 heterocycles. The van der Waals surface area contributed by atoms with E-state index in [0.717, 1.165) is 11.0 Å². The molecule has 0 saturated carbocycles. The minimum Gasteiger partial charge on any atom is -0.331 e. The van der Waals surface area contributed by atoms with E-state index < -0.39 is 0 Å². The number of aromatic amines is 1. The highest BCUT2D eigenvalue weighted by Gasteiger charge is 2.05. The van der Waals surface area contributed by atoms with Gasteiger partial charge in [0.1, 0.15) is 0 Å². The van der Waals surface area contributed by atoms with E-state index in [1.165, 1.54) is 0 Å². The van der Waals surface area contributed by atoms with Crippen LogP contribution in [0.5, 0.6) is 0 Å². The number of aromatic nitrogens is 2. The summed E-state index contributed by atoms with van der Waals surface area (Å²) in [6.07, 6.45) is 0. The van der Waals surface area contributed by atoms with Crippen molar-refractivity contribution in [1.82, 2.24) is 9.55 Å². The smallest absolute Gasteiger partial charge is 0.178 e. The summed E-state index contributed by atoms with van der Waals surface area (Å²) in [5.74, 6) is 0. The van der Waals surface area contributed by atoms with Crippen molar-refractivity contribution < 1.29 is 0 Å². The molecule has 0 atom stereocenters. The van der Waals surface area contributed by atoms with Crippen molar-refractivity contribution in [2.45, 2.75) is 6.54 Å². The maximum absolute atomic E-state index is 5.92. The van der Waals surface area contributed by atoms with Gasteiger partial charge in [-0.15, -0.1) is 0 Å². The van der Waals surface area contributed by atoms with Crippen molar-refractivity contribution in [3.63, 3.8) is 0 Å². The van der Waals surface area contributed by atoms with Gasteiger partial charge in [0, 0.05) is 10.1 Å². The second-order valence-corrected chi connectivity index (χ2v) is 4.55. The van der Waals surface area contributed by atoms with Gasteiger partial charge in [-0.3, -0.25) is 0 Å². The van der Waals surface area contributed by atoms with Gasteiger partial charge in [-0.05, 0) is 30.4 Å². The second-order valence-electron chi connectivity index (χ2n) is 3.20. The number of H-pyrrole nitrogens is 1. The molecule has 0 saturated heterocycles. The van der Waals surface area contributed by atoms with Crippen LogP contribution in [0.4, 0.5) is 0 Å². The molecule has 0 spiro atoms. The lowest BCUT2D eigenvalue weighted by Gasteiger charge is -2.02. The molecule has 0 fully saturated rings. The van der Waals surface area contributed by atoms with Crippen molar-refractivity contribution in [2.75, 3.05) is 0 Å². The number of nitrogens with one attached hydrogen (secondary N) is 1. The molecule has 0 bridgehead atoms. The first-order chi connectivity index (χ1) is 7.08. The molecule has 0 amide bonds. The van der Waals surface area contributed by atoms with E-state index in [2.05, 4.69) is 11.6 Å². The zero-order valence-corrected chi connectivity index (χ0v) is 10.1. The maximum Gasteiger partial charge on any atom is 0.178 e. The van der Waals surface area contributed by atoms with E-state index in [9.17, 15) is 0 Å². The third kappa shape index (κ3) is 2.09. The summed E-state index contributed by atoms with van der Waals surface area (Å²) in [7, 11) is 0. The molecule has 0 aliphatic rings. The van der Waals surface area contributed by atoms with Gasteiger partial charge in [-0.2, -0.15) is 0 Å². The van der Waals surface area contributed by atoms with Gasteiger partial charge >= 0.3 is 0 Å². The average molecular weight is 259 g/mol. The van der Waals surface area contributed by atoms with E-state index in [1.54, 1.807) is 0 Å². The van der Waals surface area contributed by atoms with Crippen molar-refractivity contribution in [1.29, 1.82) is 0 Å². The highest BCUT2D eigenvalue weighted by atomic mass is 35.5. The Morgan fingerprint density at radius 3 is 2.93 bits per heavy atom. The topological polar surface area (TPSA) is 20.7 Å². The largest absolute Gasteiger partial charge is 0.331 e. The molecule has 0 aliphatic carbocycles. The molecule has 0 aliphatic heterocycles. The lowest BCUT2D eigenvalue weighted by molar-refractivity contribution is 0.825. The summed E-state index contributed by atoms with van der Waals surface area (Å²) in [6.45, 7) is 4.14. The van der Waals surface area contributed by atoms with Crippen molar-refractivity contribution in [3.05, 3.63) is 39.6 Å². The summed E-state index contributed by atoms with van der Waals surface area (Å²) >= 11 is 16.9. The molecule has 0 unspecified atom stereocenters. The number of nitrogens with zero attached hydrogens (tertiary/aromatic N) is 1. The van der Waals surface area contributed by atoms with Crippen LogP contribution in [0.15, 0.2) is 29.8 Å². The summed E-state index contributed by atoms with van der Waals surface area (Å²) in [6, 6.07) is 5.55. The summed E-state index contributed by atoms with van der Waals surface area (Å²) in [5.41, 5.74) is 1.89. The molecule has 78 valence electrons. The van der Waals surface area contributed by atoms with Gasteiger partial charge in [0.15, 0.2) is 4.77 Å². The molecule has 2 nitrogen and oxygen atoms in total. The van der Waals surface area contributed by atoms with E-state index >= 15 is 0 Å². The van der Waals surface area contributed by atoms with Gasteiger partial charge in [0.05, 0.1) is 17.6 Å². The summed E-state index contributed by atoms with van der Waals surface area (Å²) in [5, 5.41) is 1.21. The van der Waals surface area contributed by atoms with Crippen LogP contribution in [-0.4, -0.2) is 9.55 Å². The Morgan fingerprint density at radius 2 is 2.27 bits per heavy atom.